The van der Waals surface area contributed by atoms with Crippen molar-refractivity contribution in [3.05, 3.63) is 23.0 Å². The van der Waals surface area contributed by atoms with Gasteiger partial charge in [-0.2, -0.15) is 5.10 Å². The van der Waals surface area contributed by atoms with Crippen LogP contribution in [0.25, 0.3) is 0 Å². The molecule has 3 heterocycles. The van der Waals surface area contributed by atoms with Crippen LogP contribution in [0, 0.1) is 6.92 Å². The van der Waals surface area contributed by atoms with Gasteiger partial charge in [0.05, 0.1) is 5.69 Å². The fraction of sp³-hybridized carbons (Fsp3) is 0.600. The number of thioether (sulfide) groups is 1. The lowest BCUT2D eigenvalue weighted by Crippen LogP contribution is -2.30. The van der Waals surface area contributed by atoms with Crippen LogP contribution in [0.2, 0.25) is 0 Å². The number of amides is 1. The second-order valence-electron chi connectivity index (χ2n) is 5.77. The van der Waals surface area contributed by atoms with Gasteiger partial charge in [-0.05, 0) is 32.4 Å². The number of carbonyl (C=O) groups is 1. The molecular formula is C15H22N6OS2. The van der Waals surface area contributed by atoms with E-state index in [1.807, 2.05) is 19.2 Å². The van der Waals surface area contributed by atoms with E-state index < -0.39 is 0 Å². The van der Waals surface area contributed by atoms with Gasteiger partial charge in [-0.3, -0.25) is 9.48 Å². The Kier molecular flexibility index (Phi) is 6.22. The van der Waals surface area contributed by atoms with Gasteiger partial charge in [0.1, 0.15) is 11.6 Å². The normalized spacial score (nSPS) is 17.8. The first-order valence-electron chi connectivity index (χ1n) is 8.14. The van der Waals surface area contributed by atoms with Crippen LogP contribution in [0.15, 0.2) is 16.6 Å². The van der Waals surface area contributed by atoms with Crippen molar-refractivity contribution in [1.29, 1.82) is 0 Å². The zero-order valence-corrected chi connectivity index (χ0v) is 15.3. The number of aromatic nitrogens is 4. The lowest BCUT2D eigenvalue weighted by molar-refractivity contribution is -0.121. The molecule has 2 N–H and O–H groups in total. The Bertz CT molecular complexity index is 664. The summed E-state index contributed by atoms with van der Waals surface area (Å²) in [5, 5.41) is 19.8. The van der Waals surface area contributed by atoms with E-state index in [4.69, 9.17) is 0 Å². The van der Waals surface area contributed by atoms with Crippen molar-refractivity contribution in [3.63, 3.8) is 0 Å². The highest BCUT2D eigenvalue weighted by molar-refractivity contribution is 8.01. The second kappa shape index (κ2) is 8.59. The molecule has 0 spiro atoms. The van der Waals surface area contributed by atoms with Gasteiger partial charge in [0.25, 0.3) is 0 Å². The minimum absolute atomic E-state index is 0.0135. The monoisotopic (exact) mass is 366 g/mol. The van der Waals surface area contributed by atoms with Gasteiger partial charge in [0.2, 0.25) is 5.91 Å². The average molecular weight is 367 g/mol. The van der Waals surface area contributed by atoms with Gasteiger partial charge in [-0.1, -0.05) is 23.1 Å². The molecule has 1 amide bonds. The summed E-state index contributed by atoms with van der Waals surface area (Å²) < 4.78 is 2.67. The van der Waals surface area contributed by atoms with Crippen LogP contribution in [0.1, 0.15) is 29.5 Å². The molecule has 0 aliphatic carbocycles. The number of carbonyl (C=O) groups excluding carboxylic acids is 1. The van der Waals surface area contributed by atoms with Crippen LogP contribution >= 0.6 is 23.1 Å². The van der Waals surface area contributed by atoms with Crippen molar-refractivity contribution in [2.45, 2.75) is 36.6 Å². The number of aryl methyl sites for hydroxylation is 1. The van der Waals surface area contributed by atoms with E-state index in [1.165, 1.54) is 12.8 Å². The lowest BCUT2D eigenvalue weighted by atomic mass is 9.97. The fourth-order valence-electron chi connectivity index (χ4n) is 2.66. The first-order chi connectivity index (χ1) is 11.7. The van der Waals surface area contributed by atoms with Gasteiger partial charge < -0.3 is 10.6 Å². The molecule has 1 atom stereocenters. The van der Waals surface area contributed by atoms with E-state index in [-0.39, 0.29) is 12.5 Å². The molecule has 1 fully saturated rings. The number of hydrogen-bond donors (Lipinski definition) is 2. The van der Waals surface area contributed by atoms with Crippen LogP contribution in [-0.2, 0) is 11.3 Å². The largest absolute Gasteiger partial charge is 0.354 e. The molecule has 2 aromatic rings. The van der Waals surface area contributed by atoms with E-state index in [2.05, 4.69) is 25.9 Å². The second-order valence-corrected chi connectivity index (χ2v) is 8.29. The summed E-state index contributed by atoms with van der Waals surface area (Å²) in [5.41, 5.74) is 1.08. The number of rotatable bonds is 7. The third-order valence-corrected chi connectivity index (χ3v) is 5.81. The molecule has 0 radical (unpaired) electrons. The van der Waals surface area contributed by atoms with Gasteiger partial charge in [-0.15, -0.1) is 10.2 Å². The van der Waals surface area contributed by atoms with Gasteiger partial charge >= 0.3 is 0 Å². The Balaban J connectivity index is 1.37. The first kappa shape index (κ1) is 17.4. The SMILES string of the molecule is Cc1nnc(SCCNC(=O)Cn2ccc([C@H]3CCCNC3)n2)s1. The van der Waals surface area contributed by atoms with E-state index in [9.17, 15) is 4.79 Å². The molecule has 7 nitrogen and oxygen atoms in total. The van der Waals surface area contributed by atoms with Crippen LogP contribution in [0.5, 0.6) is 0 Å². The lowest BCUT2D eigenvalue weighted by Gasteiger charge is -2.20. The van der Waals surface area contributed by atoms with Crippen LogP contribution in [-0.4, -0.2) is 51.3 Å². The molecule has 0 unspecified atom stereocenters. The molecule has 130 valence electrons. The Labute approximate surface area is 149 Å². The predicted molar refractivity (Wildman–Crippen MR) is 95.5 cm³/mol. The Morgan fingerprint density at radius 3 is 3.21 bits per heavy atom. The Morgan fingerprint density at radius 1 is 1.54 bits per heavy atom. The number of piperidine rings is 1. The summed E-state index contributed by atoms with van der Waals surface area (Å²) in [6.07, 6.45) is 4.24. The van der Waals surface area contributed by atoms with E-state index >= 15 is 0 Å². The summed E-state index contributed by atoms with van der Waals surface area (Å²) in [7, 11) is 0. The zero-order chi connectivity index (χ0) is 16.8. The fourth-order valence-corrected chi connectivity index (χ4v) is 4.40. The first-order valence-corrected chi connectivity index (χ1v) is 9.94. The average Bonchev–Trinajstić information content (AvgIpc) is 3.22. The topological polar surface area (TPSA) is 84.7 Å². The maximum Gasteiger partial charge on any atom is 0.241 e. The minimum Gasteiger partial charge on any atom is -0.354 e. The van der Waals surface area contributed by atoms with Crippen molar-refractivity contribution in [1.82, 2.24) is 30.6 Å². The smallest absolute Gasteiger partial charge is 0.241 e. The van der Waals surface area contributed by atoms with Crippen LogP contribution in [0.4, 0.5) is 0 Å². The van der Waals surface area contributed by atoms with Gasteiger partial charge in [0, 0.05) is 31.0 Å². The van der Waals surface area contributed by atoms with Gasteiger partial charge in [-0.25, -0.2) is 0 Å². The molecule has 9 heteroatoms. The highest BCUT2D eigenvalue weighted by atomic mass is 32.2. The zero-order valence-electron chi connectivity index (χ0n) is 13.7. The standard InChI is InChI=1S/C15H22N6OS2/c1-11-18-19-15(24-11)23-8-6-17-14(22)10-21-7-4-13(20-21)12-3-2-5-16-9-12/h4,7,12,16H,2-3,5-6,8-10H2,1H3,(H,17,22)/t12-/m0/s1. The van der Waals surface area contributed by atoms with E-state index in [0.717, 1.165) is 33.9 Å². The maximum atomic E-state index is 12.0. The molecule has 0 aromatic carbocycles. The molecule has 0 saturated carbocycles. The minimum atomic E-state index is -0.0135. The summed E-state index contributed by atoms with van der Waals surface area (Å²) in [6.45, 7) is 4.89. The highest BCUT2D eigenvalue weighted by Gasteiger charge is 2.17. The Morgan fingerprint density at radius 2 is 2.46 bits per heavy atom. The summed E-state index contributed by atoms with van der Waals surface area (Å²) >= 11 is 3.19. The molecule has 3 rings (SSSR count). The van der Waals surface area contributed by atoms with Crippen molar-refractivity contribution >= 4 is 29.0 Å². The predicted octanol–water partition coefficient (Wildman–Crippen LogP) is 1.42. The van der Waals surface area contributed by atoms with E-state index in [1.54, 1.807) is 27.8 Å². The summed E-state index contributed by atoms with van der Waals surface area (Å²) in [5.74, 6) is 1.24. The molecule has 24 heavy (non-hydrogen) atoms. The van der Waals surface area contributed by atoms with Crippen molar-refractivity contribution < 1.29 is 4.79 Å². The van der Waals surface area contributed by atoms with Gasteiger partial charge in [0.15, 0.2) is 4.34 Å². The number of hydrogen-bond acceptors (Lipinski definition) is 7. The maximum absolute atomic E-state index is 12.0. The van der Waals surface area contributed by atoms with Crippen LogP contribution < -0.4 is 10.6 Å². The van der Waals surface area contributed by atoms with Crippen molar-refractivity contribution in [2.24, 2.45) is 0 Å². The molecule has 1 aliphatic rings. The molecular weight excluding hydrogens is 344 g/mol. The highest BCUT2D eigenvalue weighted by Crippen LogP contribution is 2.21. The molecule has 0 bridgehead atoms. The Hall–Kier alpha value is -1.45. The summed E-state index contributed by atoms with van der Waals surface area (Å²) in [4.78, 5) is 12.0. The van der Waals surface area contributed by atoms with Crippen LogP contribution in [0.3, 0.4) is 0 Å². The number of nitrogens with zero attached hydrogens (tertiary/aromatic N) is 4. The summed E-state index contributed by atoms with van der Waals surface area (Å²) in [6, 6.07) is 2.03. The van der Waals surface area contributed by atoms with Crippen molar-refractivity contribution in [2.75, 3.05) is 25.4 Å². The van der Waals surface area contributed by atoms with Crippen molar-refractivity contribution in [3.8, 4) is 0 Å². The number of nitrogens with one attached hydrogen (secondary N) is 2. The van der Waals surface area contributed by atoms with E-state index in [0.29, 0.717) is 12.5 Å². The quantitative estimate of drug-likeness (QED) is 0.569. The molecule has 1 saturated heterocycles. The molecule has 2 aromatic heterocycles. The third-order valence-electron chi connectivity index (χ3n) is 3.84. The molecule has 1 aliphatic heterocycles. The third kappa shape index (κ3) is 5.02.